The molecule has 0 bridgehead atoms. The molecule has 1 heterocycles. The van der Waals surface area contributed by atoms with Crippen LogP contribution in [0.4, 0.5) is 5.69 Å². The van der Waals surface area contributed by atoms with E-state index in [0.29, 0.717) is 6.61 Å². The molecule has 0 amide bonds. The number of ether oxygens (including phenoxy) is 1. The Morgan fingerprint density at radius 2 is 1.44 bits per heavy atom. The largest absolute Gasteiger partial charge is 0.457 e. The third-order valence-electron chi connectivity index (χ3n) is 8.93. The van der Waals surface area contributed by atoms with Gasteiger partial charge in [-0.3, -0.25) is 0 Å². The molecule has 4 nitrogen and oxygen atoms in total. The average molecular weight is 612 g/mol. The summed E-state index contributed by atoms with van der Waals surface area (Å²) in [6.07, 6.45) is 17.9. The highest BCUT2D eigenvalue weighted by Gasteiger charge is 2.19. The SMILES string of the molecule is C/C(=C\COC(=O)C[n+]1c(/C=C/c2ccc(N(C)C)cc2)ccc2ccccc21)CCCC(C)CCCC(C)CCCC(C)C. The second-order valence-corrected chi connectivity index (χ2v) is 13.8. The molecule has 0 spiro atoms. The molecule has 45 heavy (non-hydrogen) atoms. The van der Waals surface area contributed by atoms with Crippen molar-refractivity contribution < 1.29 is 14.1 Å². The standard InChI is InChI=1S/C41H59N2O2/c1-32(2)13-10-14-33(3)15-11-16-34(4)17-12-18-35(5)29-30-45-41(44)31-43-39(28-24-37-19-8-9-20-40(37)43)27-23-36-21-25-38(26-22-36)42(6)7/h8-9,19-29,32-34H,10-18,30-31H2,1-7H3/q+1/b35-29+. The van der Waals surface area contributed by atoms with Gasteiger partial charge >= 0.3 is 5.97 Å². The van der Waals surface area contributed by atoms with Crippen LogP contribution in [0.3, 0.4) is 0 Å². The van der Waals surface area contributed by atoms with Gasteiger partial charge < -0.3 is 9.64 Å². The number of anilines is 1. The second-order valence-electron chi connectivity index (χ2n) is 13.8. The third-order valence-corrected chi connectivity index (χ3v) is 8.93. The number of para-hydroxylation sites is 1. The molecule has 2 unspecified atom stereocenters. The van der Waals surface area contributed by atoms with Gasteiger partial charge in [0.25, 0.3) is 0 Å². The average Bonchev–Trinajstić information content (AvgIpc) is 3.00. The molecule has 0 N–H and O–H groups in total. The van der Waals surface area contributed by atoms with E-state index in [0.717, 1.165) is 52.0 Å². The molecule has 0 aliphatic heterocycles. The molecule has 0 radical (unpaired) electrons. The fraction of sp³-hybridized carbons (Fsp3) is 0.512. The van der Waals surface area contributed by atoms with E-state index in [1.54, 1.807) is 0 Å². The zero-order valence-corrected chi connectivity index (χ0v) is 29.2. The third kappa shape index (κ3) is 13.2. The molecule has 0 saturated carbocycles. The van der Waals surface area contributed by atoms with Crippen molar-refractivity contribution in [2.45, 2.75) is 99.0 Å². The van der Waals surface area contributed by atoms with Crippen LogP contribution in [0.15, 0.2) is 72.3 Å². The van der Waals surface area contributed by atoms with Crippen LogP contribution in [0.2, 0.25) is 0 Å². The summed E-state index contributed by atoms with van der Waals surface area (Å²) in [5.41, 5.74) is 5.55. The number of carbonyl (C=O) groups is 1. The number of rotatable bonds is 19. The Hall–Kier alpha value is -3.40. The minimum absolute atomic E-state index is 0.168. The zero-order chi connectivity index (χ0) is 32.6. The van der Waals surface area contributed by atoms with Crippen molar-refractivity contribution in [1.29, 1.82) is 0 Å². The molecule has 0 aliphatic carbocycles. The molecule has 1 aromatic heterocycles. The highest BCUT2D eigenvalue weighted by atomic mass is 16.5. The minimum Gasteiger partial charge on any atom is -0.457 e. The summed E-state index contributed by atoms with van der Waals surface area (Å²) in [4.78, 5) is 15.1. The lowest BCUT2D eigenvalue weighted by atomic mass is 9.91. The summed E-state index contributed by atoms with van der Waals surface area (Å²) < 4.78 is 7.75. The van der Waals surface area contributed by atoms with E-state index in [1.165, 1.54) is 56.9 Å². The normalized spacial score (nSPS) is 13.5. The van der Waals surface area contributed by atoms with Gasteiger partial charge in [-0.25, -0.2) is 4.79 Å². The number of fused-ring (bicyclic) bond motifs is 1. The second kappa shape index (κ2) is 19.2. The maximum Gasteiger partial charge on any atom is 0.373 e. The van der Waals surface area contributed by atoms with Gasteiger partial charge in [-0.2, -0.15) is 4.57 Å². The van der Waals surface area contributed by atoms with Gasteiger partial charge in [0.1, 0.15) is 6.61 Å². The number of hydrogen-bond donors (Lipinski definition) is 0. The molecule has 3 rings (SSSR count). The molecule has 2 aromatic carbocycles. The van der Waals surface area contributed by atoms with E-state index in [1.807, 2.05) is 30.8 Å². The summed E-state index contributed by atoms with van der Waals surface area (Å²) in [5, 5.41) is 1.10. The number of hydrogen-bond acceptors (Lipinski definition) is 3. The summed E-state index contributed by atoms with van der Waals surface area (Å²) in [5.74, 6) is 2.24. The van der Waals surface area contributed by atoms with Crippen LogP contribution in [0.1, 0.15) is 104 Å². The summed E-state index contributed by atoms with van der Waals surface area (Å²) >= 11 is 0. The molecule has 0 saturated heterocycles. The first-order chi connectivity index (χ1) is 21.6. The van der Waals surface area contributed by atoms with E-state index in [2.05, 4.69) is 106 Å². The summed E-state index contributed by atoms with van der Waals surface area (Å²) in [6.45, 7) is 12.1. The molecule has 2 atom stereocenters. The Balaban J connectivity index is 1.46. The Morgan fingerprint density at radius 3 is 2.11 bits per heavy atom. The Morgan fingerprint density at radius 1 is 0.800 bits per heavy atom. The molecule has 0 fully saturated rings. The van der Waals surface area contributed by atoms with Crippen LogP contribution >= 0.6 is 0 Å². The topological polar surface area (TPSA) is 33.4 Å². The number of benzene rings is 2. The van der Waals surface area contributed by atoms with Gasteiger partial charge in [0, 0.05) is 43.4 Å². The first kappa shape index (κ1) is 36.1. The fourth-order valence-corrected chi connectivity index (χ4v) is 5.93. The van der Waals surface area contributed by atoms with Crippen LogP contribution in [0, 0.1) is 17.8 Å². The zero-order valence-electron chi connectivity index (χ0n) is 29.2. The van der Waals surface area contributed by atoms with Crippen LogP contribution in [-0.2, 0) is 16.1 Å². The van der Waals surface area contributed by atoms with E-state index < -0.39 is 0 Å². The summed E-state index contributed by atoms with van der Waals surface area (Å²) in [7, 11) is 4.08. The molecule has 4 heteroatoms. The first-order valence-corrected chi connectivity index (χ1v) is 17.3. The lowest BCUT2D eigenvalue weighted by Gasteiger charge is -2.15. The fourth-order valence-electron chi connectivity index (χ4n) is 5.93. The molecule has 0 aliphatic rings. The number of pyridine rings is 1. The van der Waals surface area contributed by atoms with Gasteiger partial charge in [0.2, 0.25) is 17.8 Å². The van der Waals surface area contributed by atoms with Crippen molar-refractivity contribution in [2.24, 2.45) is 17.8 Å². The van der Waals surface area contributed by atoms with Gasteiger partial charge in [0.05, 0.1) is 0 Å². The lowest BCUT2D eigenvalue weighted by Crippen LogP contribution is -2.42. The number of carbonyl (C=O) groups excluding carboxylic acids is 1. The number of esters is 1. The van der Waals surface area contributed by atoms with E-state index in [9.17, 15) is 4.79 Å². The van der Waals surface area contributed by atoms with Crippen LogP contribution in [0.5, 0.6) is 0 Å². The Bertz CT molecular complexity index is 1370. The quantitative estimate of drug-likeness (QED) is 0.0768. The smallest absolute Gasteiger partial charge is 0.373 e. The van der Waals surface area contributed by atoms with Crippen LogP contribution < -0.4 is 9.47 Å². The number of nitrogens with zero attached hydrogens (tertiary/aromatic N) is 2. The Labute approximate surface area is 274 Å². The van der Waals surface area contributed by atoms with E-state index in [4.69, 9.17) is 4.74 Å². The maximum atomic E-state index is 13.0. The van der Waals surface area contributed by atoms with Crippen LogP contribution in [-0.4, -0.2) is 26.7 Å². The summed E-state index contributed by atoms with van der Waals surface area (Å²) in [6, 6.07) is 20.8. The Kier molecular flexibility index (Phi) is 15.4. The molecule has 244 valence electrons. The van der Waals surface area contributed by atoms with Crippen molar-refractivity contribution in [3.05, 3.63) is 83.6 Å². The minimum atomic E-state index is -0.225. The highest BCUT2D eigenvalue weighted by molar-refractivity contribution is 5.78. The number of aromatic nitrogens is 1. The lowest BCUT2D eigenvalue weighted by molar-refractivity contribution is -0.661. The van der Waals surface area contributed by atoms with Crippen molar-refractivity contribution in [1.82, 2.24) is 0 Å². The van der Waals surface area contributed by atoms with Crippen LogP contribution in [0.25, 0.3) is 23.1 Å². The van der Waals surface area contributed by atoms with E-state index >= 15 is 0 Å². The monoisotopic (exact) mass is 611 g/mol. The van der Waals surface area contributed by atoms with Crippen molar-refractivity contribution in [2.75, 3.05) is 25.6 Å². The van der Waals surface area contributed by atoms with Crippen molar-refractivity contribution >= 4 is 34.7 Å². The molecular formula is C41H59N2O2+. The van der Waals surface area contributed by atoms with Crippen molar-refractivity contribution in [3.63, 3.8) is 0 Å². The van der Waals surface area contributed by atoms with Gasteiger partial charge in [0.15, 0.2) is 0 Å². The predicted molar refractivity (Wildman–Crippen MR) is 193 cm³/mol. The van der Waals surface area contributed by atoms with Gasteiger partial charge in [-0.15, -0.1) is 0 Å². The van der Waals surface area contributed by atoms with Gasteiger partial charge in [-0.1, -0.05) is 102 Å². The highest BCUT2D eigenvalue weighted by Crippen LogP contribution is 2.22. The van der Waals surface area contributed by atoms with E-state index in [-0.39, 0.29) is 12.5 Å². The maximum absolute atomic E-state index is 13.0. The molecular weight excluding hydrogens is 552 g/mol. The number of allylic oxidation sites excluding steroid dienone is 1. The first-order valence-electron chi connectivity index (χ1n) is 17.3. The molecule has 3 aromatic rings. The van der Waals surface area contributed by atoms with Gasteiger partial charge in [-0.05, 0) is 79.5 Å². The predicted octanol–water partition coefficient (Wildman–Crippen LogP) is 10.3. The van der Waals surface area contributed by atoms with Crippen molar-refractivity contribution in [3.8, 4) is 0 Å².